The fraction of sp³-hybridized carbons (Fsp3) is 0.0556. The van der Waals surface area contributed by atoms with Crippen LogP contribution in [0.25, 0.3) is 0 Å². The molecule has 8 heteroatoms. The largest absolute Gasteiger partial charge is 0.398 e. The van der Waals surface area contributed by atoms with Crippen molar-refractivity contribution in [3.8, 4) is 6.07 Å². The maximum atomic E-state index is 12.5. The molecule has 1 amide bonds. The summed E-state index contributed by atoms with van der Waals surface area (Å²) in [6.07, 6.45) is 2.96. The Kier molecular flexibility index (Phi) is 4.73. The summed E-state index contributed by atoms with van der Waals surface area (Å²) in [5.74, 6) is -0.396. The SMILES string of the molecule is Cc1cc(C#N)cnc1C(=O)Nc1ccc(N)c(C(=N)c2cncs2)c1. The van der Waals surface area contributed by atoms with Crippen LogP contribution in [-0.4, -0.2) is 21.6 Å². The minimum absolute atomic E-state index is 0.236. The molecule has 0 atom stereocenters. The van der Waals surface area contributed by atoms with E-state index >= 15 is 0 Å². The molecule has 0 aliphatic heterocycles. The first kappa shape index (κ1) is 17.3. The first-order valence-corrected chi connectivity index (χ1v) is 8.43. The second kappa shape index (κ2) is 7.13. The molecular formula is C18H14N6OS. The highest BCUT2D eigenvalue weighted by Gasteiger charge is 2.15. The van der Waals surface area contributed by atoms with Crippen molar-refractivity contribution >= 4 is 34.3 Å². The molecule has 2 aromatic heterocycles. The van der Waals surface area contributed by atoms with Gasteiger partial charge in [0.15, 0.2) is 0 Å². The molecule has 1 aromatic carbocycles. The monoisotopic (exact) mass is 362 g/mol. The second-order valence-electron chi connectivity index (χ2n) is 5.50. The molecule has 0 saturated heterocycles. The van der Waals surface area contributed by atoms with Crippen molar-refractivity contribution < 1.29 is 4.79 Å². The molecule has 0 saturated carbocycles. The predicted molar refractivity (Wildman–Crippen MR) is 101 cm³/mol. The van der Waals surface area contributed by atoms with Crippen LogP contribution in [0.5, 0.6) is 0 Å². The predicted octanol–water partition coefficient (Wildman–Crippen LogP) is 2.97. The number of hydrogen-bond donors (Lipinski definition) is 3. The van der Waals surface area contributed by atoms with Crippen molar-refractivity contribution in [3.63, 3.8) is 0 Å². The van der Waals surface area contributed by atoms with Crippen molar-refractivity contribution in [2.45, 2.75) is 6.92 Å². The number of anilines is 2. The molecule has 0 spiro atoms. The highest BCUT2D eigenvalue weighted by Crippen LogP contribution is 2.23. The van der Waals surface area contributed by atoms with E-state index in [1.165, 1.54) is 17.5 Å². The smallest absolute Gasteiger partial charge is 0.274 e. The van der Waals surface area contributed by atoms with Crippen LogP contribution in [0.2, 0.25) is 0 Å². The van der Waals surface area contributed by atoms with E-state index in [-0.39, 0.29) is 11.4 Å². The number of nitrogen functional groups attached to an aromatic ring is 1. The molecule has 7 nitrogen and oxygen atoms in total. The van der Waals surface area contributed by atoms with Crippen LogP contribution >= 0.6 is 11.3 Å². The molecular weight excluding hydrogens is 348 g/mol. The van der Waals surface area contributed by atoms with Gasteiger partial charge in [0, 0.05) is 29.3 Å². The van der Waals surface area contributed by atoms with E-state index in [9.17, 15) is 4.79 Å². The van der Waals surface area contributed by atoms with Gasteiger partial charge in [-0.05, 0) is 36.8 Å². The Labute approximate surface area is 153 Å². The first-order chi connectivity index (χ1) is 12.5. The molecule has 0 radical (unpaired) electrons. The van der Waals surface area contributed by atoms with Gasteiger partial charge in [-0.25, -0.2) is 4.98 Å². The summed E-state index contributed by atoms with van der Waals surface area (Å²) in [5, 5.41) is 19.9. The van der Waals surface area contributed by atoms with Gasteiger partial charge < -0.3 is 11.1 Å². The Morgan fingerprint density at radius 2 is 2.15 bits per heavy atom. The van der Waals surface area contributed by atoms with Gasteiger partial charge >= 0.3 is 0 Å². The van der Waals surface area contributed by atoms with Gasteiger partial charge in [0.25, 0.3) is 5.91 Å². The van der Waals surface area contributed by atoms with E-state index in [1.807, 2.05) is 6.07 Å². The van der Waals surface area contributed by atoms with Gasteiger partial charge in [0.05, 0.1) is 21.7 Å². The molecule has 128 valence electrons. The fourth-order valence-corrected chi connectivity index (χ4v) is 2.97. The maximum absolute atomic E-state index is 12.5. The average Bonchev–Trinajstić information content (AvgIpc) is 3.17. The summed E-state index contributed by atoms with van der Waals surface area (Å²) in [6.45, 7) is 1.72. The molecule has 2 heterocycles. The number of nitrogens with two attached hydrogens (primary N) is 1. The highest BCUT2D eigenvalue weighted by atomic mass is 32.1. The Balaban J connectivity index is 1.87. The Morgan fingerprint density at radius 1 is 1.35 bits per heavy atom. The quantitative estimate of drug-likeness (QED) is 0.485. The summed E-state index contributed by atoms with van der Waals surface area (Å²) in [4.78, 5) is 21.2. The third-order valence-corrected chi connectivity index (χ3v) is 4.47. The number of carbonyl (C=O) groups excluding carboxylic acids is 1. The van der Waals surface area contributed by atoms with E-state index in [4.69, 9.17) is 16.4 Å². The van der Waals surface area contributed by atoms with E-state index in [0.717, 1.165) is 0 Å². The number of nitrogens with zero attached hydrogens (tertiary/aromatic N) is 3. The normalized spacial score (nSPS) is 10.2. The van der Waals surface area contributed by atoms with Gasteiger partial charge in [0.2, 0.25) is 0 Å². The summed E-state index contributed by atoms with van der Waals surface area (Å²) in [6, 6.07) is 8.54. The van der Waals surface area contributed by atoms with Crippen LogP contribution < -0.4 is 11.1 Å². The molecule has 3 aromatic rings. The molecule has 4 N–H and O–H groups in total. The number of aromatic nitrogens is 2. The number of hydrogen-bond acceptors (Lipinski definition) is 7. The fourth-order valence-electron chi connectivity index (χ4n) is 2.39. The van der Waals surface area contributed by atoms with E-state index < -0.39 is 5.91 Å². The summed E-state index contributed by atoms with van der Waals surface area (Å²) >= 11 is 1.34. The standard InChI is InChI=1S/C18H14N6OS/c1-10-4-11(6-19)7-23-17(10)18(25)24-12-2-3-14(20)13(5-12)16(21)15-8-22-9-26-15/h2-5,7-9,21H,20H2,1H3,(H,24,25). The Bertz CT molecular complexity index is 1040. The lowest BCUT2D eigenvalue weighted by atomic mass is 10.1. The number of nitrogens with one attached hydrogen (secondary N) is 2. The molecule has 0 aliphatic rings. The zero-order valence-electron chi connectivity index (χ0n) is 13.8. The number of pyridine rings is 1. The number of carbonyl (C=O) groups is 1. The number of thiazole rings is 1. The van der Waals surface area contributed by atoms with Gasteiger partial charge in [-0.2, -0.15) is 5.26 Å². The number of aryl methyl sites for hydroxylation is 1. The van der Waals surface area contributed by atoms with Gasteiger partial charge in [-0.1, -0.05) is 0 Å². The van der Waals surface area contributed by atoms with Crippen molar-refractivity contribution in [2.24, 2.45) is 0 Å². The Morgan fingerprint density at radius 3 is 2.81 bits per heavy atom. The number of rotatable bonds is 4. The van der Waals surface area contributed by atoms with Crippen molar-refractivity contribution in [1.82, 2.24) is 9.97 Å². The first-order valence-electron chi connectivity index (χ1n) is 7.55. The summed E-state index contributed by atoms with van der Waals surface area (Å²) < 4.78 is 0. The van der Waals surface area contributed by atoms with Crippen molar-refractivity contribution in [3.05, 3.63) is 69.4 Å². The molecule has 0 aliphatic carbocycles. The van der Waals surface area contributed by atoms with E-state index in [1.54, 1.807) is 42.9 Å². The van der Waals surface area contributed by atoms with Gasteiger partial charge in [-0.3, -0.25) is 15.2 Å². The van der Waals surface area contributed by atoms with Crippen LogP contribution in [0.4, 0.5) is 11.4 Å². The van der Waals surface area contributed by atoms with Gasteiger partial charge in [-0.15, -0.1) is 11.3 Å². The number of amides is 1. The second-order valence-corrected chi connectivity index (χ2v) is 6.38. The minimum Gasteiger partial charge on any atom is -0.398 e. The van der Waals surface area contributed by atoms with Crippen LogP contribution in [-0.2, 0) is 0 Å². The molecule has 26 heavy (non-hydrogen) atoms. The Hall–Kier alpha value is -3.57. The van der Waals surface area contributed by atoms with Crippen molar-refractivity contribution in [2.75, 3.05) is 11.1 Å². The van der Waals surface area contributed by atoms with Crippen LogP contribution in [0.15, 0.2) is 42.2 Å². The summed E-state index contributed by atoms with van der Waals surface area (Å²) in [7, 11) is 0. The van der Waals surface area contributed by atoms with E-state index in [0.29, 0.717) is 32.9 Å². The van der Waals surface area contributed by atoms with Crippen molar-refractivity contribution in [1.29, 1.82) is 10.7 Å². The average molecular weight is 362 g/mol. The third kappa shape index (κ3) is 3.43. The topological polar surface area (TPSA) is 129 Å². The lowest BCUT2D eigenvalue weighted by molar-refractivity contribution is 0.102. The lowest BCUT2D eigenvalue weighted by Gasteiger charge is -2.11. The van der Waals surface area contributed by atoms with Gasteiger partial charge in [0.1, 0.15) is 11.8 Å². The maximum Gasteiger partial charge on any atom is 0.274 e. The molecule has 0 fully saturated rings. The lowest BCUT2D eigenvalue weighted by Crippen LogP contribution is -2.16. The molecule has 0 unspecified atom stereocenters. The molecule has 0 bridgehead atoms. The van der Waals surface area contributed by atoms with Crippen LogP contribution in [0, 0.1) is 23.7 Å². The highest BCUT2D eigenvalue weighted by molar-refractivity contribution is 7.12. The minimum atomic E-state index is -0.396. The number of nitriles is 1. The third-order valence-electron chi connectivity index (χ3n) is 3.68. The zero-order valence-corrected chi connectivity index (χ0v) is 14.6. The number of benzene rings is 1. The summed E-state index contributed by atoms with van der Waals surface area (Å²) in [5.41, 5.74) is 10.6. The van der Waals surface area contributed by atoms with Crippen LogP contribution in [0.1, 0.15) is 32.1 Å². The van der Waals surface area contributed by atoms with Crippen LogP contribution in [0.3, 0.4) is 0 Å². The molecule has 3 rings (SSSR count). The van der Waals surface area contributed by atoms with E-state index in [2.05, 4.69) is 15.3 Å². The zero-order chi connectivity index (χ0) is 18.7.